The molecule has 0 unspecified atom stereocenters. The largest absolute Gasteiger partial charge is 0.325 e. The average Bonchev–Trinajstić information content (AvgIpc) is 2.79. The van der Waals surface area contributed by atoms with Gasteiger partial charge in [0.15, 0.2) is 11.0 Å². The van der Waals surface area contributed by atoms with Gasteiger partial charge in [-0.2, -0.15) is 0 Å². The molecule has 0 radical (unpaired) electrons. The quantitative estimate of drug-likeness (QED) is 0.649. The van der Waals surface area contributed by atoms with E-state index in [4.69, 9.17) is 4.99 Å². The molecule has 5 nitrogen and oxygen atoms in total. The number of hydrogen-bond donors (Lipinski definition) is 1. The van der Waals surface area contributed by atoms with Crippen LogP contribution >= 0.6 is 11.8 Å². The molecule has 1 aliphatic rings. The van der Waals surface area contributed by atoms with Gasteiger partial charge >= 0.3 is 0 Å². The number of halogens is 1. The van der Waals surface area contributed by atoms with Crippen LogP contribution < -0.4 is 10.2 Å². The van der Waals surface area contributed by atoms with E-state index < -0.39 is 5.82 Å². The Kier molecular flexibility index (Phi) is 6.20. The van der Waals surface area contributed by atoms with Gasteiger partial charge < -0.3 is 10.2 Å². The summed E-state index contributed by atoms with van der Waals surface area (Å²) in [5, 5.41) is 3.40. The fourth-order valence-electron chi connectivity index (χ4n) is 2.93. The summed E-state index contributed by atoms with van der Waals surface area (Å²) in [6.45, 7) is 0.408. The molecule has 7 heteroatoms. The fourth-order valence-corrected chi connectivity index (χ4v) is 3.73. The Morgan fingerprint density at radius 1 is 1.00 bits per heavy atom. The first-order chi connectivity index (χ1) is 14.7. The van der Waals surface area contributed by atoms with Crippen molar-refractivity contribution in [2.45, 2.75) is 0 Å². The van der Waals surface area contributed by atoms with Crippen molar-refractivity contribution >= 4 is 40.0 Å². The molecule has 0 aliphatic carbocycles. The highest BCUT2D eigenvalue weighted by Gasteiger charge is 2.21. The summed E-state index contributed by atoms with van der Waals surface area (Å²) in [5.41, 5.74) is 2.30. The van der Waals surface area contributed by atoms with Gasteiger partial charge in [0.25, 0.3) is 0 Å². The van der Waals surface area contributed by atoms with Gasteiger partial charge in [0.2, 0.25) is 5.91 Å². The lowest BCUT2D eigenvalue weighted by molar-refractivity contribution is -0.113. The summed E-state index contributed by atoms with van der Waals surface area (Å²) in [6.07, 6.45) is 0. The van der Waals surface area contributed by atoms with Crippen molar-refractivity contribution in [3.63, 3.8) is 0 Å². The number of carbonyl (C=O) groups is 1. The third-order valence-electron chi connectivity index (χ3n) is 4.33. The van der Waals surface area contributed by atoms with Crippen molar-refractivity contribution in [3.05, 3.63) is 96.3 Å². The monoisotopic (exact) mass is 418 g/mol. The molecule has 1 heterocycles. The molecule has 0 spiro atoms. The number of hydrogen-bond acceptors (Lipinski definition) is 5. The summed E-state index contributed by atoms with van der Waals surface area (Å²) < 4.78 is 13.3. The number of thioether (sulfide) groups is 1. The highest BCUT2D eigenvalue weighted by molar-refractivity contribution is 8.14. The van der Waals surface area contributed by atoms with Crippen molar-refractivity contribution in [3.8, 4) is 0 Å². The Labute approximate surface area is 178 Å². The van der Waals surface area contributed by atoms with Gasteiger partial charge in [-0.25, -0.2) is 14.4 Å². The van der Waals surface area contributed by atoms with E-state index in [0.717, 1.165) is 11.3 Å². The zero-order valence-corrected chi connectivity index (χ0v) is 16.8. The molecule has 150 valence electrons. The molecule has 0 saturated carbocycles. The molecule has 0 saturated heterocycles. The molecule has 0 atom stereocenters. The number of amidine groups is 2. The fraction of sp³-hybridized carbons (Fsp3) is 0.0870. The Hall–Kier alpha value is -3.45. The van der Waals surface area contributed by atoms with E-state index in [1.807, 2.05) is 65.6 Å². The third kappa shape index (κ3) is 4.93. The van der Waals surface area contributed by atoms with Crippen LogP contribution in [-0.4, -0.2) is 29.3 Å². The van der Waals surface area contributed by atoms with E-state index in [1.165, 1.54) is 23.9 Å². The predicted octanol–water partition coefficient (Wildman–Crippen LogP) is 4.78. The molecule has 1 N–H and O–H groups in total. The van der Waals surface area contributed by atoms with Gasteiger partial charge in [-0.05, 0) is 30.3 Å². The Balaban J connectivity index is 1.52. The second-order valence-corrected chi connectivity index (χ2v) is 7.44. The Morgan fingerprint density at radius 2 is 1.73 bits per heavy atom. The van der Waals surface area contributed by atoms with Crippen molar-refractivity contribution in [2.75, 3.05) is 22.6 Å². The van der Waals surface area contributed by atoms with E-state index in [-0.39, 0.29) is 11.7 Å². The van der Waals surface area contributed by atoms with Crippen LogP contribution in [0.25, 0.3) is 0 Å². The topological polar surface area (TPSA) is 57.1 Å². The number of nitrogens with one attached hydrogen (secondary N) is 1. The van der Waals surface area contributed by atoms with Crippen LogP contribution in [0.4, 0.5) is 15.8 Å². The first kappa shape index (κ1) is 19.8. The lowest BCUT2D eigenvalue weighted by Gasteiger charge is -2.27. The molecule has 1 aliphatic heterocycles. The molecule has 0 aromatic heterocycles. The summed E-state index contributed by atoms with van der Waals surface area (Å²) >= 11 is 1.32. The van der Waals surface area contributed by atoms with E-state index in [1.54, 1.807) is 12.1 Å². The van der Waals surface area contributed by atoms with Gasteiger partial charge in [0.1, 0.15) is 12.5 Å². The summed E-state index contributed by atoms with van der Waals surface area (Å²) in [4.78, 5) is 23.7. The van der Waals surface area contributed by atoms with Gasteiger partial charge in [-0.3, -0.25) is 4.79 Å². The maximum atomic E-state index is 13.3. The normalized spacial score (nSPS) is 13.4. The first-order valence-electron chi connectivity index (χ1n) is 9.38. The lowest BCUT2D eigenvalue weighted by atomic mass is 10.2. The number of benzene rings is 3. The van der Waals surface area contributed by atoms with Crippen molar-refractivity contribution in [1.82, 2.24) is 0 Å². The number of aliphatic imine (C=N–C) groups is 2. The van der Waals surface area contributed by atoms with Crippen molar-refractivity contribution in [2.24, 2.45) is 9.98 Å². The lowest BCUT2D eigenvalue weighted by Crippen LogP contribution is -2.34. The molecule has 1 amide bonds. The van der Waals surface area contributed by atoms with E-state index >= 15 is 0 Å². The number of rotatable bonds is 5. The molecular formula is C23H19FN4OS. The molecular weight excluding hydrogens is 399 g/mol. The van der Waals surface area contributed by atoms with Crippen molar-refractivity contribution < 1.29 is 9.18 Å². The predicted molar refractivity (Wildman–Crippen MR) is 122 cm³/mol. The van der Waals surface area contributed by atoms with Gasteiger partial charge in [-0.1, -0.05) is 66.4 Å². The zero-order valence-electron chi connectivity index (χ0n) is 16.0. The van der Waals surface area contributed by atoms with Gasteiger partial charge in [-0.15, -0.1) is 0 Å². The molecule has 30 heavy (non-hydrogen) atoms. The molecule has 0 bridgehead atoms. The molecule has 3 aromatic carbocycles. The maximum absolute atomic E-state index is 13.3. The third-order valence-corrected chi connectivity index (χ3v) is 5.31. The molecule has 0 fully saturated rings. The number of amides is 1. The van der Waals surface area contributed by atoms with Gasteiger partial charge in [0.05, 0.1) is 5.75 Å². The van der Waals surface area contributed by atoms with Gasteiger partial charge in [0, 0.05) is 16.9 Å². The Morgan fingerprint density at radius 3 is 2.47 bits per heavy atom. The van der Waals surface area contributed by atoms with Crippen LogP contribution in [0, 0.1) is 5.82 Å². The van der Waals surface area contributed by atoms with Crippen LogP contribution in [0.15, 0.2) is 94.9 Å². The Bertz CT molecular complexity index is 1090. The van der Waals surface area contributed by atoms with Crippen LogP contribution in [-0.2, 0) is 4.79 Å². The highest BCUT2D eigenvalue weighted by atomic mass is 32.2. The first-order valence-corrected chi connectivity index (χ1v) is 10.4. The molecule has 4 rings (SSSR count). The zero-order chi connectivity index (χ0) is 20.8. The number of nitrogens with zero attached hydrogens (tertiary/aromatic N) is 3. The van der Waals surface area contributed by atoms with Crippen LogP contribution in [0.5, 0.6) is 0 Å². The summed E-state index contributed by atoms with van der Waals surface area (Å²) in [7, 11) is 0. The minimum absolute atomic E-state index is 0.140. The second kappa shape index (κ2) is 9.37. The molecule has 3 aromatic rings. The average molecular weight is 418 g/mol. The highest BCUT2D eigenvalue weighted by Crippen LogP contribution is 2.23. The number of carbonyl (C=O) groups excluding carboxylic acids is 1. The minimum Gasteiger partial charge on any atom is -0.325 e. The minimum atomic E-state index is -0.393. The smallest absolute Gasteiger partial charge is 0.234 e. The second-order valence-electron chi connectivity index (χ2n) is 6.49. The standard InChI is InChI=1S/C23H19FN4OS/c24-18-10-7-11-19(14-18)26-21(29)15-30-23-27-22(17-8-3-1-4-9-17)25-16-28(23)20-12-5-2-6-13-20/h1-14H,15-16H2,(H,26,29). The van der Waals surface area contributed by atoms with E-state index in [9.17, 15) is 9.18 Å². The summed E-state index contributed by atoms with van der Waals surface area (Å²) in [6, 6.07) is 25.4. The number of anilines is 2. The van der Waals surface area contributed by atoms with Crippen LogP contribution in [0.3, 0.4) is 0 Å². The van der Waals surface area contributed by atoms with E-state index in [2.05, 4.69) is 10.3 Å². The SMILES string of the molecule is O=C(CSC1=NC(c2ccccc2)=NCN1c1ccccc1)Nc1cccc(F)c1. The maximum Gasteiger partial charge on any atom is 0.234 e. The van der Waals surface area contributed by atoms with Crippen LogP contribution in [0.2, 0.25) is 0 Å². The van der Waals surface area contributed by atoms with E-state index in [0.29, 0.717) is 23.4 Å². The van der Waals surface area contributed by atoms with Crippen LogP contribution in [0.1, 0.15) is 5.56 Å². The summed E-state index contributed by atoms with van der Waals surface area (Å²) in [5.74, 6) is 0.151. The van der Waals surface area contributed by atoms with Crippen molar-refractivity contribution in [1.29, 1.82) is 0 Å². The number of para-hydroxylation sites is 1.